The first kappa shape index (κ1) is 9.57. The van der Waals surface area contributed by atoms with Crippen molar-refractivity contribution in [2.24, 2.45) is 17.8 Å². The Balaban J connectivity index is 2.59. The third-order valence-electron chi connectivity index (χ3n) is 1.80. The molecule has 0 aliphatic carbocycles. The van der Waals surface area contributed by atoms with Crippen molar-refractivity contribution in [1.82, 2.24) is 14.7 Å². The van der Waals surface area contributed by atoms with Crippen molar-refractivity contribution in [2.75, 3.05) is 14.1 Å². The zero-order valence-electron chi connectivity index (χ0n) is 8.23. The fourth-order valence-electron chi connectivity index (χ4n) is 1.08. The van der Waals surface area contributed by atoms with Gasteiger partial charge >= 0.3 is 0 Å². The molecule has 0 saturated carbocycles. The van der Waals surface area contributed by atoms with E-state index in [4.69, 9.17) is 5.73 Å². The quantitative estimate of drug-likeness (QED) is 0.507. The summed E-state index contributed by atoms with van der Waals surface area (Å²) in [6.07, 6.45) is 3.78. The minimum atomic E-state index is 0.531. The van der Waals surface area contributed by atoms with Crippen molar-refractivity contribution in [3.63, 3.8) is 0 Å². The summed E-state index contributed by atoms with van der Waals surface area (Å²) in [6.45, 7) is 0.733. The molecule has 5 heteroatoms. The largest absolute Gasteiger partial charge is 0.370 e. The van der Waals surface area contributed by atoms with E-state index in [1.165, 1.54) is 0 Å². The second-order valence-electron chi connectivity index (χ2n) is 2.96. The summed E-state index contributed by atoms with van der Waals surface area (Å²) < 4.78 is 1.77. The second-order valence-corrected chi connectivity index (χ2v) is 2.96. The highest BCUT2D eigenvalue weighted by Crippen LogP contribution is 2.00. The molecule has 0 aromatic carbocycles. The molecule has 0 aliphatic heterocycles. The molecule has 0 amide bonds. The first-order valence-electron chi connectivity index (χ1n) is 4.04. The van der Waals surface area contributed by atoms with Crippen molar-refractivity contribution >= 4 is 5.96 Å². The van der Waals surface area contributed by atoms with Crippen molar-refractivity contribution in [1.29, 1.82) is 0 Å². The molecule has 72 valence electrons. The van der Waals surface area contributed by atoms with Crippen molar-refractivity contribution in [2.45, 2.75) is 6.54 Å². The molecule has 5 nitrogen and oxygen atoms in total. The van der Waals surface area contributed by atoms with Gasteiger partial charge in [0.15, 0.2) is 5.96 Å². The van der Waals surface area contributed by atoms with E-state index in [0.29, 0.717) is 5.96 Å². The van der Waals surface area contributed by atoms with E-state index in [1.807, 2.05) is 31.4 Å². The fraction of sp³-hybridized carbons (Fsp3) is 0.500. The van der Waals surface area contributed by atoms with Crippen molar-refractivity contribution < 1.29 is 0 Å². The lowest BCUT2D eigenvalue weighted by Crippen LogP contribution is -2.33. The summed E-state index contributed by atoms with van der Waals surface area (Å²) in [6, 6.07) is 0. The maximum atomic E-state index is 5.62. The van der Waals surface area contributed by atoms with Gasteiger partial charge in [0.05, 0.1) is 6.20 Å². The summed E-state index contributed by atoms with van der Waals surface area (Å²) in [5.41, 5.74) is 6.74. The number of nitrogens with two attached hydrogens (primary N) is 1. The van der Waals surface area contributed by atoms with E-state index in [0.717, 1.165) is 12.1 Å². The van der Waals surface area contributed by atoms with Crippen LogP contribution in [-0.4, -0.2) is 34.7 Å². The van der Waals surface area contributed by atoms with E-state index in [2.05, 4.69) is 10.1 Å². The highest BCUT2D eigenvalue weighted by Gasteiger charge is 2.03. The minimum Gasteiger partial charge on any atom is -0.370 e. The van der Waals surface area contributed by atoms with Gasteiger partial charge in [-0.15, -0.1) is 0 Å². The Bertz CT molecular complexity index is 301. The Labute approximate surface area is 77.9 Å². The number of aromatic nitrogens is 2. The summed E-state index contributed by atoms with van der Waals surface area (Å²) in [5, 5.41) is 4.06. The van der Waals surface area contributed by atoms with Gasteiger partial charge in [0.1, 0.15) is 0 Å². The number of aliphatic imine (C=N–C) groups is 1. The second kappa shape index (κ2) is 3.93. The topological polar surface area (TPSA) is 59.4 Å². The average molecular weight is 181 g/mol. The Morgan fingerprint density at radius 2 is 2.46 bits per heavy atom. The van der Waals surface area contributed by atoms with E-state index in [-0.39, 0.29) is 0 Å². The molecular weight excluding hydrogens is 166 g/mol. The fourth-order valence-corrected chi connectivity index (χ4v) is 1.08. The number of nitrogens with zero attached hydrogens (tertiary/aromatic N) is 4. The molecule has 0 spiro atoms. The minimum absolute atomic E-state index is 0.531. The molecule has 0 atom stereocenters. The molecule has 13 heavy (non-hydrogen) atoms. The van der Waals surface area contributed by atoms with Gasteiger partial charge in [-0.05, 0) is 0 Å². The maximum Gasteiger partial charge on any atom is 0.191 e. The van der Waals surface area contributed by atoms with Crippen LogP contribution < -0.4 is 5.73 Å². The highest BCUT2D eigenvalue weighted by atomic mass is 15.3. The van der Waals surface area contributed by atoms with Gasteiger partial charge in [-0.1, -0.05) is 0 Å². The van der Waals surface area contributed by atoms with Crippen LogP contribution in [0.25, 0.3) is 0 Å². The van der Waals surface area contributed by atoms with Crippen LogP contribution in [0.4, 0.5) is 0 Å². The lowest BCUT2D eigenvalue weighted by Gasteiger charge is -2.15. The summed E-state index contributed by atoms with van der Waals surface area (Å²) >= 11 is 0. The molecule has 0 bridgehead atoms. The van der Waals surface area contributed by atoms with Gasteiger partial charge in [-0.3, -0.25) is 9.67 Å². The third kappa shape index (κ3) is 2.47. The van der Waals surface area contributed by atoms with Crippen molar-refractivity contribution in [3.05, 3.63) is 18.0 Å². The predicted octanol–water partition coefficient (Wildman–Crippen LogP) is -0.204. The van der Waals surface area contributed by atoms with Gasteiger partial charge in [-0.2, -0.15) is 5.10 Å². The van der Waals surface area contributed by atoms with Crippen LogP contribution >= 0.6 is 0 Å². The average Bonchev–Trinajstić information content (AvgIpc) is 2.49. The number of rotatable bonds is 2. The molecule has 1 aromatic heterocycles. The number of hydrogen-bond acceptors (Lipinski definition) is 2. The summed E-state index contributed by atoms with van der Waals surface area (Å²) in [7, 11) is 5.46. The van der Waals surface area contributed by atoms with Crippen LogP contribution in [0.15, 0.2) is 17.4 Å². The van der Waals surface area contributed by atoms with Crippen LogP contribution in [0.2, 0.25) is 0 Å². The van der Waals surface area contributed by atoms with Gasteiger partial charge in [0, 0.05) is 39.4 Å². The number of aryl methyl sites for hydroxylation is 1. The molecule has 1 aromatic rings. The van der Waals surface area contributed by atoms with E-state index in [9.17, 15) is 0 Å². The molecular formula is C8H15N5. The number of guanidine groups is 1. The van der Waals surface area contributed by atoms with Gasteiger partial charge < -0.3 is 10.6 Å². The van der Waals surface area contributed by atoms with Crippen LogP contribution in [-0.2, 0) is 13.6 Å². The zero-order valence-corrected chi connectivity index (χ0v) is 8.23. The standard InChI is InChI=1S/C8H15N5/c1-10-8(9)12(2)5-7-4-11-13(3)6-7/h4,6H,5H2,1-3H3,(H2,9,10). The molecule has 0 fully saturated rings. The monoisotopic (exact) mass is 181 g/mol. The van der Waals surface area contributed by atoms with Crippen LogP contribution in [0.5, 0.6) is 0 Å². The Morgan fingerprint density at radius 3 is 2.92 bits per heavy atom. The van der Waals surface area contributed by atoms with E-state index in [1.54, 1.807) is 11.7 Å². The Hall–Kier alpha value is -1.52. The van der Waals surface area contributed by atoms with Gasteiger partial charge in [0.25, 0.3) is 0 Å². The molecule has 2 N–H and O–H groups in total. The highest BCUT2D eigenvalue weighted by molar-refractivity contribution is 5.77. The van der Waals surface area contributed by atoms with Gasteiger partial charge in [0.2, 0.25) is 0 Å². The SMILES string of the molecule is CN=C(N)N(C)Cc1cnn(C)c1. The lowest BCUT2D eigenvalue weighted by molar-refractivity contribution is 0.493. The van der Waals surface area contributed by atoms with Crippen molar-refractivity contribution in [3.8, 4) is 0 Å². The molecule has 0 saturated heterocycles. The van der Waals surface area contributed by atoms with Crippen LogP contribution in [0.3, 0.4) is 0 Å². The molecule has 0 radical (unpaired) electrons. The first-order chi connectivity index (χ1) is 6.13. The lowest BCUT2D eigenvalue weighted by atomic mass is 10.3. The van der Waals surface area contributed by atoms with Crippen LogP contribution in [0, 0.1) is 0 Å². The summed E-state index contributed by atoms with van der Waals surface area (Å²) in [5.74, 6) is 0.531. The smallest absolute Gasteiger partial charge is 0.191 e. The zero-order chi connectivity index (χ0) is 9.84. The normalized spacial score (nSPS) is 11.8. The maximum absolute atomic E-state index is 5.62. The Kier molecular flexibility index (Phi) is 2.89. The third-order valence-corrected chi connectivity index (χ3v) is 1.80. The molecule has 0 unspecified atom stereocenters. The predicted molar refractivity (Wildman–Crippen MR) is 52.2 cm³/mol. The first-order valence-corrected chi connectivity index (χ1v) is 4.04. The molecule has 1 rings (SSSR count). The van der Waals surface area contributed by atoms with E-state index >= 15 is 0 Å². The molecule has 1 heterocycles. The van der Waals surface area contributed by atoms with Crippen LogP contribution in [0.1, 0.15) is 5.56 Å². The Morgan fingerprint density at radius 1 is 1.77 bits per heavy atom. The molecule has 0 aliphatic rings. The summed E-state index contributed by atoms with van der Waals surface area (Å²) in [4.78, 5) is 5.76. The van der Waals surface area contributed by atoms with E-state index < -0.39 is 0 Å². The van der Waals surface area contributed by atoms with Gasteiger partial charge in [-0.25, -0.2) is 0 Å². The number of hydrogen-bond donors (Lipinski definition) is 1.